The number of hydrogen-bond donors (Lipinski definition) is 1. The standard InChI is InChI=1S/C19H23N3OS/c1-11-3-6-14(18(23)9-19-22-21-12(2)24-19)7-15(11)16-8-17(16)20-10-13-4-5-13/h3,6-7,13,16-17,20H,4-5,8-10H2,1-2H3. The maximum absolute atomic E-state index is 12.6. The first-order valence-electron chi connectivity index (χ1n) is 8.76. The highest BCUT2D eigenvalue weighted by atomic mass is 32.1. The van der Waals surface area contributed by atoms with Gasteiger partial charge in [0.05, 0.1) is 6.42 Å². The average Bonchev–Trinajstić information content (AvgIpc) is 3.46. The molecule has 24 heavy (non-hydrogen) atoms. The van der Waals surface area contributed by atoms with E-state index in [-0.39, 0.29) is 5.78 Å². The molecule has 2 unspecified atom stereocenters. The second kappa shape index (κ2) is 6.37. The number of ketones is 1. The summed E-state index contributed by atoms with van der Waals surface area (Å²) in [6.45, 7) is 5.22. The molecule has 0 saturated heterocycles. The molecular weight excluding hydrogens is 318 g/mol. The van der Waals surface area contributed by atoms with E-state index in [1.165, 1.54) is 41.7 Å². The van der Waals surface area contributed by atoms with Gasteiger partial charge in [-0.25, -0.2) is 0 Å². The highest BCUT2D eigenvalue weighted by Gasteiger charge is 2.39. The second-order valence-electron chi connectivity index (χ2n) is 7.19. The molecule has 1 heterocycles. The molecule has 2 atom stereocenters. The largest absolute Gasteiger partial charge is 0.313 e. The Labute approximate surface area is 146 Å². The summed E-state index contributed by atoms with van der Waals surface area (Å²) in [7, 11) is 0. The summed E-state index contributed by atoms with van der Waals surface area (Å²) in [5, 5.41) is 13.4. The molecular formula is C19H23N3OS. The van der Waals surface area contributed by atoms with Gasteiger partial charge in [0.25, 0.3) is 0 Å². The Morgan fingerprint density at radius 2 is 2.12 bits per heavy atom. The average molecular weight is 341 g/mol. The van der Waals surface area contributed by atoms with Gasteiger partial charge >= 0.3 is 0 Å². The minimum Gasteiger partial charge on any atom is -0.313 e. The molecule has 2 aliphatic carbocycles. The predicted molar refractivity (Wildman–Crippen MR) is 95.7 cm³/mol. The molecule has 4 rings (SSSR count). The van der Waals surface area contributed by atoms with Crippen LogP contribution in [0.3, 0.4) is 0 Å². The lowest BCUT2D eigenvalue weighted by atomic mass is 9.98. The third kappa shape index (κ3) is 3.57. The molecule has 1 N–H and O–H groups in total. The van der Waals surface area contributed by atoms with Crippen molar-refractivity contribution in [2.75, 3.05) is 6.54 Å². The first-order valence-corrected chi connectivity index (χ1v) is 9.58. The van der Waals surface area contributed by atoms with E-state index in [0.717, 1.165) is 28.0 Å². The number of aryl methyl sites for hydroxylation is 2. The number of rotatable bonds is 7. The Bertz CT molecular complexity index is 766. The van der Waals surface area contributed by atoms with Crippen LogP contribution in [0.2, 0.25) is 0 Å². The van der Waals surface area contributed by atoms with Crippen LogP contribution >= 0.6 is 11.3 Å². The van der Waals surface area contributed by atoms with Crippen LogP contribution in [-0.2, 0) is 6.42 Å². The zero-order valence-electron chi connectivity index (χ0n) is 14.2. The minimum atomic E-state index is 0.135. The van der Waals surface area contributed by atoms with Crippen molar-refractivity contribution >= 4 is 17.1 Å². The van der Waals surface area contributed by atoms with Crippen molar-refractivity contribution in [2.45, 2.75) is 51.5 Å². The van der Waals surface area contributed by atoms with Crippen molar-refractivity contribution in [3.63, 3.8) is 0 Å². The number of benzene rings is 1. The van der Waals surface area contributed by atoms with Crippen molar-refractivity contribution < 1.29 is 4.79 Å². The number of hydrogen-bond acceptors (Lipinski definition) is 5. The number of aromatic nitrogens is 2. The Hall–Kier alpha value is -1.59. The van der Waals surface area contributed by atoms with E-state index >= 15 is 0 Å². The van der Waals surface area contributed by atoms with E-state index in [2.05, 4.69) is 34.6 Å². The van der Waals surface area contributed by atoms with Gasteiger partial charge in [0.15, 0.2) is 5.78 Å². The van der Waals surface area contributed by atoms with Crippen LogP contribution < -0.4 is 5.32 Å². The predicted octanol–water partition coefficient (Wildman–Crippen LogP) is 3.44. The molecule has 0 bridgehead atoms. The third-order valence-corrected chi connectivity index (χ3v) is 5.88. The van der Waals surface area contributed by atoms with Gasteiger partial charge in [-0.15, -0.1) is 21.5 Å². The molecule has 0 radical (unpaired) electrons. The highest BCUT2D eigenvalue weighted by Crippen LogP contribution is 2.43. The lowest BCUT2D eigenvalue weighted by Crippen LogP contribution is -2.20. The maximum atomic E-state index is 12.6. The van der Waals surface area contributed by atoms with Crippen molar-refractivity contribution in [3.05, 3.63) is 44.9 Å². The van der Waals surface area contributed by atoms with Crippen molar-refractivity contribution in [2.24, 2.45) is 5.92 Å². The summed E-state index contributed by atoms with van der Waals surface area (Å²) in [5.74, 6) is 1.62. The van der Waals surface area contributed by atoms with Gasteiger partial charge in [-0.1, -0.05) is 12.1 Å². The van der Waals surface area contributed by atoms with Gasteiger partial charge in [0, 0.05) is 17.5 Å². The van der Waals surface area contributed by atoms with Crippen molar-refractivity contribution in [1.29, 1.82) is 0 Å². The molecule has 0 spiro atoms. The second-order valence-corrected chi connectivity index (χ2v) is 8.45. The number of nitrogens with one attached hydrogen (secondary N) is 1. The molecule has 0 amide bonds. The van der Waals surface area contributed by atoms with Crippen molar-refractivity contribution in [3.8, 4) is 0 Å². The first-order chi connectivity index (χ1) is 11.6. The quantitative estimate of drug-likeness (QED) is 0.784. The lowest BCUT2D eigenvalue weighted by molar-refractivity contribution is 0.0992. The minimum absolute atomic E-state index is 0.135. The van der Waals surface area contributed by atoms with E-state index in [0.29, 0.717) is 18.4 Å². The fraction of sp³-hybridized carbons (Fsp3) is 0.526. The van der Waals surface area contributed by atoms with E-state index in [1.54, 1.807) is 0 Å². The molecule has 0 aliphatic heterocycles. The van der Waals surface area contributed by atoms with Gasteiger partial charge in [0.2, 0.25) is 0 Å². The van der Waals surface area contributed by atoms with E-state index in [9.17, 15) is 4.79 Å². The van der Waals surface area contributed by atoms with Crippen LogP contribution in [0.25, 0.3) is 0 Å². The number of carbonyl (C=O) groups excluding carboxylic acids is 1. The highest BCUT2D eigenvalue weighted by molar-refractivity contribution is 7.11. The van der Waals surface area contributed by atoms with Crippen LogP contribution in [0.4, 0.5) is 0 Å². The Kier molecular flexibility index (Phi) is 4.22. The molecule has 126 valence electrons. The summed E-state index contributed by atoms with van der Waals surface area (Å²) in [5.41, 5.74) is 3.43. The number of nitrogens with zero attached hydrogens (tertiary/aromatic N) is 2. The Morgan fingerprint density at radius 3 is 2.83 bits per heavy atom. The van der Waals surface area contributed by atoms with Crippen LogP contribution in [-0.4, -0.2) is 28.6 Å². The summed E-state index contributed by atoms with van der Waals surface area (Å²) in [6, 6.07) is 6.74. The number of carbonyl (C=O) groups is 1. The van der Waals surface area contributed by atoms with Crippen LogP contribution in [0.1, 0.15) is 56.7 Å². The summed E-state index contributed by atoms with van der Waals surface area (Å²) in [4.78, 5) is 12.6. The molecule has 1 aromatic heterocycles. The molecule has 2 saturated carbocycles. The zero-order chi connectivity index (χ0) is 16.7. The Morgan fingerprint density at radius 1 is 1.29 bits per heavy atom. The molecule has 2 aromatic rings. The maximum Gasteiger partial charge on any atom is 0.169 e. The fourth-order valence-corrected chi connectivity index (χ4v) is 3.97. The SMILES string of the molecule is Cc1nnc(CC(=O)c2ccc(C)c(C3CC3NCC3CC3)c2)s1. The smallest absolute Gasteiger partial charge is 0.169 e. The molecule has 4 nitrogen and oxygen atoms in total. The topological polar surface area (TPSA) is 54.9 Å². The third-order valence-electron chi connectivity index (χ3n) is 5.04. The van der Waals surface area contributed by atoms with Gasteiger partial charge in [0.1, 0.15) is 10.0 Å². The van der Waals surface area contributed by atoms with E-state index in [1.807, 2.05) is 13.0 Å². The summed E-state index contributed by atoms with van der Waals surface area (Å²) >= 11 is 1.50. The van der Waals surface area contributed by atoms with Gasteiger partial charge < -0.3 is 5.32 Å². The number of Topliss-reactive ketones (excluding diaryl/α,β-unsaturated/α-hetero) is 1. The molecule has 5 heteroatoms. The molecule has 2 fully saturated rings. The van der Waals surface area contributed by atoms with Gasteiger partial charge in [-0.05, 0) is 62.8 Å². The normalized spacial score (nSPS) is 22.6. The fourth-order valence-electron chi connectivity index (χ4n) is 3.27. The van der Waals surface area contributed by atoms with Gasteiger partial charge in [-0.2, -0.15) is 0 Å². The molecule has 2 aliphatic rings. The lowest BCUT2D eigenvalue weighted by Gasteiger charge is -2.09. The molecule has 1 aromatic carbocycles. The van der Waals surface area contributed by atoms with Crippen LogP contribution in [0.15, 0.2) is 18.2 Å². The zero-order valence-corrected chi connectivity index (χ0v) is 15.0. The van der Waals surface area contributed by atoms with E-state index < -0.39 is 0 Å². The van der Waals surface area contributed by atoms with Crippen LogP contribution in [0.5, 0.6) is 0 Å². The van der Waals surface area contributed by atoms with Crippen molar-refractivity contribution in [1.82, 2.24) is 15.5 Å². The summed E-state index contributed by atoms with van der Waals surface area (Å²) in [6.07, 6.45) is 4.32. The van der Waals surface area contributed by atoms with E-state index in [4.69, 9.17) is 0 Å². The summed E-state index contributed by atoms with van der Waals surface area (Å²) < 4.78 is 0. The van der Waals surface area contributed by atoms with Gasteiger partial charge in [-0.3, -0.25) is 4.79 Å². The first kappa shape index (κ1) is 15.9. The van der Waals surface area contributed by atoms with Crippen LogP contribution in [0, 0.1) is 19.8 Å². The monoisotopic (exact) mass is 341 g/mol. The Balaban J connectivity index is 1.44.